The van der Waals surface area contributed by atoms with Crippen molar-refractivity contribution >= 4 is 12.0 Å². The Hall–Kier alpha value is -1.31. The van der Waals surface area contributed by atoms with Crippen LogP contribution in [0.15, 0.2) is 18.2 Å². The molecule has 0 aliphatic carbocycles. The van der Waals surface area contributed by atoms with Crippen molar-refractivity contribution in [2.45, 2.75) is 25.8 Å². The van der Waals surface area contributed by atoms with Crippen molar-refractivity contribution in [3.8, 4) is 0 Å². The number of carbonyl (C=O) groups excluding carboxylic acids is 1. The van der Waals surface area contributed by atoms with Gasteiger partial charge in [0, 0.05) is 25.2 Å². The van der Waals surface area contributed by atoms with Gasteiger partial charge in [0.25, 0.3) is 0 Å². The Bertz CT molecular complexity index is 359. The Labute approximate surface area is 84.5 Å². The molecule has 0 spiro atoms. The van der Waals surface area contributed by atoms with E-state index >= 15 is 0 Å². The highest BCUT2D eigenvalue weighted by molar-refractivity contribution is 5.65. The van der Waals surface area contributed by atoms with Crippen molar-refractivity contribution in [3.05, 3.63) is 29.3 Å². The number of fused-ring (bicyclic) bond motifs is 1. The molecule has 1 aromatic carbocycles. The number of nitrogens with zero attached hydrogens (tertiary/aromatic N) is 1. The van der Waals surface area contributed by atoms with Gasteiger partial charge in [-0.2, -0.15) is 0 Å². The summed E-state index contributed by atoms with van der Waals surface area (Å²) in [6.07, 6.45) is 2.60. The van der Waals surface area contributed by atoms with Crippen molar-refractivity contribution in [2.24, 2.45) is 0 Å². The van der Waals surface area contributed by atoms with E-state index in [0.717, 1.165) is 12.7 Å². The molecule has 1 aliphatic rings. The lowest BCUT2D eigenvalue weighted by molar-refractivity contribution is -0.107. The van der Waals surface area contributed by atoms with Gasteiger partial charge >= 0.3 is 0 Å². The number of carbonyl (C=O) groups is 1. The zero-order valence-corrected chi connectivity index (χ0v) is 8.66. The summed E-state index contributed by atoms with van der Waals surface area (Å²) in [5, 5.41) is 0. The molecule has 0 saturated carbocycles. The van der Waals surface area contributed by atoms with Crippen LogP contribution in [0.25, 0.3) is 0 Å². The fraction of sp³-hybridized carbons (Fsp3) is 0.417. The lowest BCUT2D eigenvalue weighted by Crippen LogP contribution is -2.23. The minimum Gasteiger partial charge on any atom is -0.371 e. The van der Waals surface area contributed by atoms with E-state index in [1.807, 2.05) is 6.07 Å². The van der Waals surface area contributed by atoms with Gasteiger partial charge in [-0.1, -0.05) is 12.1 Å². The van der Waals surface area contributed by atoms with E-state index in [1.165, 1.54) is 16.8 Å². The molecule has 0 bridgehead atoms. The lowest BCUT2D eigenvalue weighted by atomic mass is 10.0. The first-order chi connectivity index (χ1) is 6.74. The molecule has 2 heteroatoms. The van der Waals surface area contributed by atoms with E-state index in [9.17, 15) is 4.79 Å². The number of likely N-dealkylation sites (N-methyl/N-ethyl adjacent to an activating group) is 1. The third-order valence-corrected chi connectivity index (χ3v) is 3.09. The lowest BCUT2D eigenvalue weighted by Gasteiger charge is -2.18. The molecule has 74 valence electrons. The second-order valence-corrected chi connectivity index (χ2v) is 3.95. The third kappa shape index (κ3) is 1.31. The summed E-state index contributed by atoms with van der Waals surface area (Å²) in [4.78, 5) is 12.8. The van der Waals surface area contributed by atoms with Gasteiger partial charge in [0.1, 0.15) is 6.29 Å². The zero-order valence-electron chi connectivity index (χ0n) is 8.66. The number of aldehydes is 1. The smallest absolute Gasteiger partial charge is 0.124 e. The topological polar surface area (TPSA) is 20.3 Å². The van der Waals surface area contributed by atoms with E-state index in [-0.39, 0.29) is 0 Å². The van der Waals surface area contributed by atoms with Crippen molar-refractivity contribution < 1.29 is 4.79 Å². The predicted molar refractivity (Wildman–Crippen MR) is 57.8 cm³/mol. The fourth-order valence-electron chi connectivity index (χ4n) is 2.14. The quantitative estimate of drug-likeness (QED) is 0.661. The van der Waals surface area contributed by atoms with Crippen LogP contribution in [0.4, 0.5) is 5.69 Å². The molecule has 1 heterocycles. The van der Waals surface area contributed by atoms with Crippen LogP contribution in [0, 0.1) is 0 Å². The van der Waals surface area contributed by atoms with Crippen molar-refractivity contribution in [2.75, 3.05) is 11.9 Å². The summed E-state index contributed by atoms with van der Waals surface area (Å²) in [7, 11) is 2.11. The highest BCUT2D eigenvalue weighted by Crippen LogP contribution is 2.32. The van der Waals surface area contributed by atoms with Gasteiger partial charge in [-0.25, -0.2) is 0 Å². The number of benzene rings is 1. The minimum atomic E-state index is 0.545. The zero-order chi connectivity index (χ0) is 10.1. The van der Waals surface area contributed by atoms with E-state index in [2.05, 4.69) is 31.0 Å². The van der Waals surface area contributed by atoms with Gasteiger partial charge in [0.05, 0.1) is 0 Å². The molecule has 2 nitrogen and oxygen atoms in total. The summed E-state index contributed by atoms with van der Waals surface area (Å²) < 4.78 is 0. The molecule has 0 radical (unpaired) electrons. The van der Waals surface area contributed by atoms with E-state index in [0.29, 0.717) is 12.5 Å². The molecule has 0 fully saturated rings. The van der Waals surface area contributed by atoms with Crippen LogP contribution >= 0.6 is 0 Å². The van der Waals surface area contributed by atoms with Gasteiger partial charge in [0.2, 0.25) is 0 Å². The summed E-state index contributed by atoms with van der Waals surface area (Å²) in [5.41, 5.74) is 3.83. The molecule has 1 unspecified atom stereocenters. The van der Waals surface area contributed by atoms with Crippen LogP contribution in [-0.2, 0) is 17.6 Å². The Morgan fingerprint density at radius 2 is 2.36 bits per heavy atom. The Morgan fingerprint density at radius 3 is 3.07 bits per heavy atom. The van der Waals surface area contributed by atoms with Crippen LogP contribution in [0.1, 0.15) is 18.1 Å². The van der Waals surface area contributed by atoms with Gasteiger partial charge in [-0.05, 0) is 30.5 Å². The number of rotatable bonds is 2. The first kappa shape index (κ1) is 9.25. The van der Waals surface area contributed by atoms with E-state index in [1.54, 1.807) is 0 Å². The van der Waals surface area contributed by atoms with Crippen LogP contribution in [-0.4, -0.2) is 19.4 Å². The monoisotopic (exact) mass is 189 g/mol. The second kappa shape index (κ2) is 3.45. The minimum absolute atomic E-state index is 0.545. The number of hydrogen-bond acceptors (Lipinski definition) is 2. The molecule has 0 N–H and O–H groups in total. The Balaban J connectivity index is 2.44. The standard InChI is InChI=1S/C12H15NO/c1-9-8-11-10(6-7-14)4-3-5-12(11)13(9)2/h3-5,7,9H,6,8H2,1-2H3. The fourth-order valence-corrected chi connectivity index (χ4v) is 2.14. The van der Waals surface area contributed by atoms with E-state index in [4.69, 9.17) is 0 Å². The van der Waals surface area contributed by atoms with Gasteiger partial charge in [-0.3, -0.25) is 0 Å². The van der Waals surface area contributed by atoms with Crippen LogP contribution < -0.4 is 4.90 Å². The predicted octanol–water partition coefficient (Wildman–Crippen LogP) is 1.81. The van der Waals surface area contributed by atoms with Crippen LogP contribution in [0.3, 0.4) is 0 Å². The maximum atomic E-state index is 10.5. The third-order valence-electron chi connectivity index (χ3n) is 3.09. The molecule has 14 heavy (non-hydrogen) atoms. The van der Waals surface area contributed by atoms with Crippen molar-refractivity contribution in [1.29, 1.82) is 0 Å². The molecule has 2 rings (SSSR count). The molecular formula is C12H15NO. The Morgan fingerprint density at radius 1 is 1.57 bits per heavy atom. The highest BCUT2D eigenvalue weighted by Gasteiger charge is 2.24. The Kier molecular flexibility index (Phi) is 2.28. The van der Waals surface area contributed by atoms with Crippen molar-refractivity contribution in [1.82, 2.24) is 0 Å². The second-order valence-electron chi connectivity index (χ2n) is 3.95. The molecule has 1 aliphatic heterocycles. The molecular weight excluding hydrogens is 174 g/mol. The summed E-state index contributed by atoms with van der Waals surface area (Å²) >= 11 is 0. The molecule has 0 aromatic heterocycles. The molecule has 0 saturated heterocycles. The van der Waals surface area contributed by atoms with Crippen LogP contribution in [0.2, 0.25) is 0 Å². The average molecular weight is 189 g/mol. The largest absolute Gasteiger partial charge is 0.371 e. The highest BCUT2D eigenvalue weighted by atomic mass is 16.1. The maximum absolute atomic E-state index is 10.5. The molecule has 1 atom stereocenters. The first-order valence-electron chi connectivity index (χ1n) is 5.01. The van der Waals surface area contributed by atoms with Crippen LogP contribution in [0.5, 0.6) is 0 Å². The summed E-state index contributed by atoms with van der Waals surface area (Å²) in [6.45, 7) is 2.21. The maximum Gasteiger partial charge on any atom is 0.124 e. The number of anilines is 1. The van der Waals surface area contributed by atoms with Crippen molar-refractivity contribution in [3.63, 3.8) is 0 Å². The SMILES string of the molecule is CC1Cc2c(CC=O)cccc2N1C. The molecule has 1 aromatic rings. The van der Waals surface area contributed by atoms with Gasteiger partial charge in [-0.15, -0.1) is 0 Å². The van der Waals surface area contributed by atoms with Gasteiger partial charge in [0.15, 0.2) is 0 Å². The first-order valence-corrected chi connectivity index (χ1v) is 5.01. The summed E-state index contributed by atoms with van der Waals surface area (Å²) in [5.74, 6) is 0. The van der Waals surface area contributed by atoms with E-state index < -0.39 is 0 Å². The van der Waals surface area contributed by atoms with Gasteiger partial charge < -0.3 is 9.69 Å². The molecule has 0 amide bonds. The number of hydrogen-bond donors (Lipinski definition) is 0. The normalized spacial score (nSPS) is 19.6. The average Bonchev–Trinajstić information content (AvgIpc) is 2.46. The summed E-state index contributed by atoms with van der Waals surface area (Å²) in [6, 6.07) is 6.77.